The maximum absolute atomic E-state index is 12.4. The maximum atomic E-state index is 12.4. The second-order valence-corrected chi connectivity index (χ2v) is 9.45. The van der Waals surface area contributed by atoms with Crippen molar-refractivity contribution in [2.24, 2.45) is 0 Å². The van der Waals surface area contributed by atoms with E-state index in [9.17, 15) is 13.2 Å². The molecule has 0 N–H and O–H groups in total. The number of aromatic nitrogens is 1. The Hall–Kier alpha value is -2.92. The second kappa shape index (κ2) is 7.98. The van der Waals surface area contributed by atoms with Crippen molar-refractivity contribution < 1.29 is 17.9 Å². The van der Waals surface area contributed by atoms with E-state index in [0.29, 0.717) is 24.5 Å². The molecule has 1 fully saturated rings. The number of amides is 1. The number of hydrogen-bond donors (Lipinski definition) is 0. The number of sulfone groups is 1. The topological polar surface area (TPSA) is 100 Å². The Morgan fingerprint density at radius 2 is 1.96 bits per heavy atom. The van der Waals surface area contributed by atoms with E-state index in [1.165, 1.54) is 6.20 Å². The van der Waals surface area contributed by atoms with Crippen molar-refractivity contribution >= 4 is 15.7 Å². The Balaban J connectivity index is 1.52. The normalized spacial score (nSPS) is 14.4. The molecule has 1 aliphatic heterocycles. The van der Waals surface area contributed by atoms with Gasteiger partial charge in [-0.3, -0.25) is 4.79 Å². The molecule has 0 saturated carbocycles. The average Bonchev–Trinajstić information content (AvgIpc) is 2.64. The number of nitriles is 1. The van der Waals surface area contributed by atoms with Gasteiger partial charge in [-0.15, -0.1) is 0 Å². The first-order valence-electron chi connectivity index (χ1n) is 8.93. The summed E-state index contributed by atoms with van der Waals surface area (Å²) in [6, 6.07) is 11.6. The van der Waals surface area contributed by atoms with Gasteiger partial charge in [0.2, 0.25) is 11.8 Å². The van der Waals surface area contributed by atoms with Crippen LogP contribution in [0, 0.1) is 11.3 Å². The quantitative estimate of drug-likeness (QED) is 0.736. The molecule has 1 amide bonds. The molecule has 0 unspecified atom stereocenters. The highest BCUT2D eigenvalue weighted by atomic mass is 32.2. The molecule has 3 rings (SSSR count). The molecular weight excluding hydrogens is 378 g/mol. The van der Waals surface area contributed by atoms with Crippen LogP contribution in [0.15, 0.2) is 47.5 Å². The molecule has 0 atom stereocenters. The summed E-state index contributed by atoms with van der Waals surface area (Å²) in [5.41, 5.74) is 1.24. The summed E-state index contributed by atoms with van der Waals surface area (Å²) in [6.45, 7) is 4.19. The fourth-order valence-corrected chi connectivity index (χ4v) is 3.85. The molecule has 7 nitrogen and oxygen atoms in total. The van der Waals surface area contributed by atoms with Gasteiger partial charge in [0, 0.05) is 12.3 Å². The molecule has 1 aliphatic rings. The van der Waals surface area contributed by atoms with Gasteiger partial charge in [-0.1, -0.05) is 12.1 Å². The average molecular weight is 399 g/mol. The van der Waals surface area contributed by atoms with Crippen LogP contribution in [0.25, 0.3) is 0 Å². The zero-order valence-corrected chi connectivity index (χ0v) is 16.5. The molecule has 8 heteroatoms. The van der Waals surface area contributed by atoms with Crippen LogP contribution in [0.5, 0.6) is 5.88 Å². The summed E-state index contributed by atoms with van der Waals surface area (Å²) < 4.78 is 30.0. The molecule has 1 aromatic heterocycles. The third-order valence-electron chi connectivity index (χ3n) is 4.58. The predicted molar refractivity (Wildman–Crippen MR) is 102 cm³/mol. The van der Waals surface area contributed by atoms with Gasteiger partial charge in [0.15, 0.2) is 9.84 Å². The van der Waals surface area contributed by atoms with Crippen LogP contribution in [0.2, 0.25) is 0 Å². The minimum absolute atomic E-state index is 0.0435. The van der Waals surface area contributed by atoms with Gasteiger partial charge in [-0.05, 0) is 37.6 Å². The Bertz CT molecular complexity index is 1000. The smallest absolute Gasteiger partial charge is 0.227 e. The third-order valence-corrected chi connectivity index (χ3v) is 6.75. The molecular formula is C20H21N3O4S. The van der Waals surface area contributed by atoms with Crippen molar-refractivity contribution in [3.63, 3.8) is 0 Å². The van der Waals surface area contributed by atoms with Crippen LogP contribution < -0.4 is 4.74 Å². The molecule has 28 heavy (non-hydrogen) atoms. The van der Waals surface area contributed by atoms with Crippen LogP contribution in [0.3, 0.4) is 0 Å². The predicted octanol–water partition coefficient (Wildman–Crippen LogP) is 1.97. The van der Waals surface area contributed by atoms with Crippen LogP contribution in [0.4, 0.5) is 0 Å². The lowest BCUT2D eigenvalue weighted by molar-refractivity contribution is -0.139. The SMILES string of the molecule is CC(C)S(=O)(=O)c1ccc(CC(=O)N2CC(Oc3cc(C#N)ccn3)C2)cc1. The number of pyridine rings is 1. The maximum Gasteiger partial charge on any atom is 0.227 e. The zero-order chi connectivity index (χ0) is 20.3. The number of nitrogens with zero attached hydrogens (tertiary/aromatic N) is 3. The van der Waals surface area contributed by atoms with E-state index in [-0.39, 0.29) is 23.3 Å². The van der Waals surface area contributed by atoms with Gasteiger partial charge < -0.3 is 9.64 Å². The lowest BCUT2D eigenvalue weighted by Crippen LogP contribution is -2.56. The summed E-state index contributed by atoms with van der Waals surface area (Å²) in [5.74, 6) is 0.330. The highest BCUT2D eigenvalue weighted by molar-refractivity contribution is 7.92. The minimum Gasteiger partial charge on any atom is -0.471 e. The van der Waals surface area contributed by atoms with Crippen molar-refractivity contribution in [1.82, 2.24) is 9.88 Å². The fourth-order valence-electron chi connectivity index (χ4n) is 2.79. The van der Waals surface area contributed by atoms with Gasteiger partial charge in [-0.2, -0.15) is 5.26 Å². The fraction of sp³-hybridized carbons (Fsp3) is 0.350. The Labute approximate surface area is 164 Å². The van der Waals surface area contributed by atoms with Crippen molar-refractivity contribution in [2.45, 2.75) is 36.5 Å². The first kappa shape index (κ1) is 19.8. The molecule has 1 aromatic carbocycles. The summed E-state index contributed by atoms with van der Waals surface area (Å²) >= 11 is 0. The van der Waals surface area contributed by atoms with Gasteiger partial charge in [-0.25, -0.2) is 13.4 Å². The first-order chi connectivity index (χ1) is 13.3. The largest absolute Gasteiger partial charge is 0.471 e. The van der Waals surface area contributed by atoms with Crippen molar-refractivity contribution in [2.75, 3.05) is 13.1 Å². The summed E-state index contributed by atoms with van der Waals surface area (Å²) in [7, 11) is -3.31. The van der Waals surface area contributed by atoms with E-state index < -0.39 is 15.1 Å². The van der Waals surface area contributed by atoms with E-state index in [1.54, 1.807) is 55.1 Å². The van der Waals surface area contributed by atoms with Crippen molar-refractivity contribution in [3.8, 4) is 11.9 Å². The highest BCUT2D eigenvalue weighted by Crippen LogP contribution is 2.20. The molecule has 0 spiro atoms. The molecule has 0 aliphatic carbocycles. The van der Waals surface area contributed by atoms with Crippen LogP contribution in [-0.2, 0) is 21.1 Å². The number of ether oxygens (including phenoxy) is 1. The Morgan fingerprint density at radius 1 is 1.29 bits per heavy atom. The molecule has 146 valence electrons. The number of likely N-dealkylation sites (tertiary alicyclic amines) is 1. The number of carbonyl (C=O) groups excluding carboxylic acids is 1. The van der Waals surface area contributed by atoms with Crippen molar-refractivity contribution in [3.05, 3.63) is 53.7 Å². The Kier molecular flexibility index (Phi) is 5.66. The monoisotopic (exact) mass is 399 g/mol. The lowest BCUT2D eigenvalue weighted by Gasteiger charge is -2.38. The molecule has 0 bridgehead atoms. The van der Waals surface area contributed by atoms with E-state index in [4.69, 9.17) is 10.00 Å². The van der Waals surface area contributed by atoms with Gasteiger partial charge in [0.25, 0.3) is 0 Å². The van der Waals surface area contributed by atoms with Gasteiger partial charge >= 0.3 is 0 Å². The van der Waals surface area contributed by atoms with Crippen LogP contribution >= 0.6 is 0 Å². The van der Waals surface area contributed by atoms with Crippen molar-refractivity contribution in [1.29, 1.82) is 5.26 Å². The van der Waals surface area contributed by atoms with E-state index in [0.717, 1.165) is 5.56 Å². The van der Waals surface area contributed by atoms with Gasteiger partial charge in [0.1, 0.15) is 6.10 Å². The Morgan fingerprint density at radius 3 is 2.57 bits per heavy atom. The first-order valence-corrected chi connectivity index (χ1v) is 10.5. The molecule has 2 aromatic rings. The molecule has 1 saturated heterocycles. The molecule has 0 radical (unpaired) electrons. The standard InChI is InChI=1S/C20H21N3O4S/c1-14(2)28(25,26)18-5-3-15(4-6-18)10-20(24)23-12-17(13-23)27-19-9-16(11-21)7-8-22-19/h3-9,14,17H,10,12-13H2,1-2H3. The summed E-state index contributed by atoms with van der Waals surface area (Å²) in [4.78, 5) is 18.4. The van der Waals surface area contributed by atoms with Crippen LogP contribution in [0.1, 0.15) is 25.0 Å². The summed E-state index contributed by atoms with van der Waals surface area (Å²) in [6.07, 6.45) is 1.57. The van der Waals surface area contributed by atoms with Crippen LogP contribution in [-0.4, -0.2) is 48.7 Å². The lowest BCUT2D eigenvalue weighted by atomic mass is 10.1. The highest BCUT2D eigenvalue weighted by Gasteiger charge is 2.32. The number of benzene rings is 1. The number of hydrogen-bond acceptors (Lipinski definition) is 6. The summed E-state index contributed by atoms with van der Waals surface area (Å²) in [5, 5.41) is 8.41. The zero-order valence-electron chi connectivity index (χ0n) is 15.7. The van der Waals surface area contributed by atoms with E-state index in [2.05, 4.69) is 4.98 Å². The molecule has 2 heterocycles. The number of rotatable bonds is 6. The van der Waals surface area contributed by atoms with E-state index >= 15 is 0 Å². The number of carbonyl (C=O) groups is 1. The third kappa shape index (κ3) is 4.31. The second-order valence-electron chi connectivity index (χ2n) is 6.95. The van der Waals surface area contributed by atoms with E-state index in [1.807, 2.05) is 6.07 Å². The minimum atomic E-state index is -3.31. The van der Waals surface area contributed by atoms with Gasteiger partial charge in [0.05, 0.1) is 41.3 Å².